The maximum atomic E-state index is 12.0. The molecule has 0 aromatic heterocycles. The van der Waals surface area contributed by atoms with E-state index in [0.29, 0.717) is 19.3 Å². The highest BCUT2D eigenvalue weighted by Crippen LogP contribution is 2.40. The molecule has 0 radical (unpaired) electrons. The van der Waals surface area contributed by atoms with Gasteiger partial charge in [-0.3, -0.25) is 19.3 Å². The van der Waals surface area contributed by atoms with Crippen molar-refractivity contribution in [2.75, 3.05) is 7.05 Å². The van der Waals surface area contributed by atoms with E-state index in [9.17, 15) is 14.4 Å². The molecule has 1 atom stereocenters. The van der Waals surface area contributed by atoms with Gasteiger partial charge in [0, 0.05) is 13.5 Å². The molecule has 1 aliphatic carbocycles. The molecule has 1 unspecified atom stereocenters. The summed E-state index contributed by atoms with van der Waals surface area (Å²) >= 11 is 0. The number of carbonyl (C=O) groups is 3. The zero-order valence-corrected chi connectivity index (χ0v) is 10.2. The smallest absolute Gasteiger partial charge is 0.251 e. The lowest BCUT2D eigenvalue weighted by molar-refractivity contribution is -0.150. The van der Waals surface area contributed by atoms with E-state index in [-0.39, 0.29) is 18.2 Å². The fourth-order valence-corrected chi connectivity index (χ4v) is 2.27. The van der Waals surface area contributed by atoms with Gasteiger partial charge >= 0.3 is 0 Å². The molecule has 6 nitrogen and oxygen atoms in total. The molecule has 1 saturated carbocycles. The molecule has 0 aromatic carbocycles. The first-order valence-electron chi connectivity index (χ1n) is 6.03. The number of nitriles is 1. The van der Waals surface area contributed by atoms with Gasteiger partial charge in [-0.25, -0.2) is 0 Å². The van der Waals surface area contributed by atoms with Crippen LogP contribution in [0.2, 0.25) is 0 Å². The number of imide groups is 1. The van der Waals surface area contributed by atoms with Crippen molar-refractivity contribution >= 4 is 17.7 Å². The molecule has 1 N–H and O–H groups in total. The number of hydrogen-bond donors (Lipinski definition) is 1. The predicted molar refractivity (Wildman–Crippen MR) is 60.8 cm³/mol. The van der Waals surface area contributed by atoms with Gasteiger partial charge in [-0.15, -0.1) is 0 Å². The topological polar surface area (TPSA) is 90.3 Å². The van der Waals surface area contributed by atoms with E-state index in [1.807, 2.05) is 6.07 Å². The van der Waals surface area contributed by atoms with Crippen molar-refractivity contribution in [3.8, 4) is 6.07 Å². The number of likely N-dealkylation sites (tertiary alicyclic amines) is 1. The zero-order valence-electron chi connectivity index (χ0n) is 10.2. The van der Waals surface area contributed by atoms with E-state index >= 15 is 0 Å². The maximum absolute atomic E-state index is 12.0. The summed E-state index contributed by atoms with van der Waals surface area (Å²) in [5, 5.41) is 11.6. The second-order valence-corrected chi connectivity index (χ2v) is 4.90. The average Bonchev–Trinajstić information content (AvgIpc) is 2.29. The highest BCUT2D eigenvalue weighted by molar-refractivity contribution is 6.02. The van der Waals surface area contributed by atoms with E-state index in [0.717, 1.165) is 11.3 Å². The van der Waals surface area contributed by atoms with Crippen molar-refractivity contribution in [3.05, 3.63) is 0 Å². The fourth-order valence-electron chi connectivity index (χ4n) is 2.27. The minimum absolute atomic E-state index is 0.232. The Hall–Kier alpha value is -1.90. The summed E-state index contributed by atoms with van der Waals surface area (Å²) in [6.07, 6.45) is 2.51. The molecule has 18 heavy (non-hydrogen) atoms. The van der Waals surface area contributed by atoms with Gasteiger partial charge in [0.1, 0.15) is 11.5 Å². The van der Waals surface area contributed by atoms with Crippen LogP contribution in [-0.2, 0) is 14.4 Å². The minimum Gasteiger partial charge on any atom is -0.343 e. The van der Waals surface area contributed by atoms with Gasteiger partial charge in [0.25, 0.3) is 5.91 Å². The molecule has 3 amide bonds. The SMILES string of the molecule is CN1C(=O)CCC(NC(=O)C2(C#N)CCC2)C1=O. The first-order chi connectivity index (χ1) is 8.50. The first-order valence-corrected chi connectivity index (χ1v) is 6.03. The summed E-state index contributed by atoms with van der Waals surface area (Å²) < 4.78 is 0. The summed E-state index contributed by atoms with van der Waals surface area (Å²) in [6.45, 7) is 0. The third-order valence-electron chi connectivity index (χ3n) is 3.81. The van der Waals surface area contributed by atoms with Gasteiger partial charge in [0.2, 0.25) is 11.8 Å². The maximum Gasteiger partial charge on any atom is 0.251 e. The van der Waals surface area contributed by atoms with E-state index in [1.54, 1.807) is 0 Å². The monoisotopic (exact) mass is 249 g/mol. The third-order valence-corrected chi connectivity index (χ3v) is 3.81. The Balaban J connectivity index is 2.02. The molecule has 1 heterocycles. The van der Waals surface area contributed by atoms with Crippen molar-refractivity contribution < 1.29 is 14.4 Å². The molecule has 6 heteroatoms. The van der Waals surface area contributed by atoms with Crippen molar-refractivity contribution in [2.24, 2.45) is 5.41 Å². The second-order valence-electron chi connectivity index (χ2n) is 4.90. The van der Waals surface area contributed by atoms with Crippen LogP contribution in [-0.4, -0.2) is 35.7 Å². The summed E-state index contributed by atoms with van der Waals surface area (Å²) in [6, 6.07) is 1.36. The molecule has 1 saturated heterocycles. The highest BCUT2D eigenvalue weighted by Gasteiger charge is 2.46. The lowest BCUT2D eigenvalue weighted by atomic mass is 9.69. The van der Waals surface area contributed by atoms with Gasteiger partial charge in [-0.1, -0.05) is 0 Å². The van der Waals surface area contributed by atoms with Crippen LogP contribution in [0.25, 0.3) is 0 Å². The lowest BCUT2D eigenvalue weighted by Crippen LogP contribution is -2.56. The molecule has 96 valence electrons. The number of piperidine rings is 1. The summed E-state index contributed by atoms with van der Waals surface area (Å²) in [4.78, 5) is 36.1. The number of hydrogen-bond acceptors (Lipinski definition) is 4. The molecule has 0 bridgehead atoms. The first kappa shape index (κ1) is 12.6. The summed E-state index contributed by atoms with van der Waals surface area (Å²) in [5.74, 6) is -1.01. The van der Waals surface area contributed by atoms with Crippen LogP contribution in [0.5, 0.6) is 0 Å². The van der Waals surface area contributed by atoms with Crippen molar-refractivity contribution in [1.29, 1.82) is 5.26 Å². The van der Waals surface area contributed by atoms with Gasteiger partial charge < -0.3 is 5.32 Å². The molecule has 0 aromatic rings. The van der Waals surface area contributed by atoms with Crippen LogP contribution in [0.1, 0.15) is 32.1 Å². The second kappa shape index (κ2) is 4.41. The molecule has 0 spiro atoms. The largest absolute Gasteiger partial charge is 0.343 e. The predicted octanol–water partition coefficient (Wildman–Crippen LogP) is -0.0561. The van der Waals surface area contributed by atoms with Gasteiger partial charge in [-0.05, 0) is 25.7 Å². The van der Waals surface area contributed by atoms with Crippen molar-refractivity contribution in [2.45, 2.75) is 38.1 Å². The van der Waals surface area contributed by atoms with Gasteiger partial charge in [-0.2, -0.15) is 5.26 Å². The Morgan fingerprint density at radius 3 is 2.67 bits per heavy atom. The van der Waals surface area contributed by atoms with Crippen LogP contribution in [0, 0.1) is 16.7 Å². The molecule has 1 aliphatic heterocycles. The summed E-state index contributed by atoms with van der Waals surface area (Å²) in [5.41, 5.74) is -0.958. The quantitative estimate of drug-likeness (QED) is 0.694. The number of amides is 3. The van der Waals surface area contributed by atoms with Crippen LogP contribution >= 0.6 is 0 Å². The van der Waals surface area contributed by atoms with Crippen LogP contribution in [0.15, 0.2) is 0 Å². The molecule has 2 aliphatic rings. The molecular weight excluding hydrogens is 234 g/mol. The number of carbonyl (C=O) groups excluding carboxylic acids is 3. The molecular formula is C12H15N3O3. The zero-order chi connectivity index (χ0) is 13.3. The molecule has 2 rings (SSSR count). The number of likely N-dealkylation sites (N-methyl/N-ethyl adjacent to an activating group) is 1. The standard InChI is InChI=1S/C12H15N3O3/c1-15-9(16)4-3-8(10(15)17)14-11(18)12(7-13)5-2-6-12/h8H,2-6H2,1H3,(H,14,18). The van der Waals surface area contributed by atoms with Crippen LogP contribution in [0.3, 0.4) is 0 Å². The Morgan fingerprint density at radius 2 is 2.17 bits per heavy atom. The number of nitrogens with one attached hydrogen (secondary N) is 1. The van der Waals surface area contributed by atoms with E-state index in [2.05, 4.69) is 5.32 Å². The van der Waals surface area contributed by atoms with Crippen molar-refractivity contribution in [3.63, 3.8) is 0 Å². The van der Waals surface area contributed by atoms with E-state index in [4.69, 9.17) is 5.26 Å². The minimum atomic E-state index is -0.958. The number of rotatable bonds is 2. The average molecular weight is 249 g/mol. The Bertz CT molecular complexity index is 448. The van der Waals surface area contributed by atoms with E-state index in [1.165, 1.54) is 7.05 Å². The van der Waals surface area contributed by atoms with E-state index < -0.39 is 17.4 Å². The molecule has 2 fully saturated rings. The normalized spacial score (nSPS) is 26.2. The Kier molecular flexibility index (Phi) is 3.07. The van der Waals surface area contributed by atoms with Crippen LogP contribution < -0.4 is 5.32 Å². The highest BCUT2D eigenvalue weighted by atomic mass is 16.2. The van der Waals surface area contributed by atoms with Gasteiger partial charge in [0.15, 0.2) is 0 Å². The Labute approximate surface area is 105 Å². The van der Waals surface area contributed by atoms with Crippen LogP contribution in [0.4, 0.5) is 0 Å². The lowest BCUT2D eigenvalue weighted by Gasteiger charge is -2.36. The Morgan fingerprint density at radius 1 is 1.50 bits per heavy atom. The van der Waals surface area contributed by atoms with Crippen molar-refractivity contribution in [1.82, 2.24) is 10.2 Å². The number of nitrogens with zero attached hydrogens (tertiary/aromatic N) is 2. The van der Waals surface area contributed by atoms with Gasteiger partial charge in [0.05, 0.1) is 6.07 Å². The fraction of sp³-hybridized carbons (Fsp3) is 0.667. The third kappa shape index (κ3) is 1.86. The summed E-state index contributed by atoms with van der Waals surface area (Å²) in [7, 11) is 1.41.